The Balaban J connectivity index is 1.37. The highest BCUT2D eigenvalue weighted by Crippen LogP contribution is 2.51. The number of Topliss-reactive ketones (excluding diaryl/α,β-unsaturated/α-hetero) is 1. The Morgan fingerprint density at radius 3 is 2.68 bits per heavy atom. The van der Waals surface area contributed by atoms with Crippen LogP contribution in [-0.2, 0) is 23.9 Å². The smallest absolute Gasteiger partial charge is 0.330 e. The first kappa shape index (κ1) is 26.1. The normalized spacial score (nSPS) is 28.3. The molecule has 1 unspecified atom stereocenters. The minimum atomic E-state index is -0.920. The van der Waals surface area contributed by atoms with E-state index in [1.807, 2.05) is 0 Å². The molecule has 2 heterocycles. The number of fused-ring (bicyclic) bond motifs is 1. The number of nitrogens with zero attached hydrogens (tertiary/aromatic N) is 1. The van der Waals surface area contributed by atoms with Crippen molar-refractivity contribution in [2.75, 3.05) is 13.2 Å². The van der Waals surface area contributed by atoms with Crippen LogP contribution in [0.1, 0.15) is 63.7 Å². The molecular formula is C27H33N3O8. The van der Waals surface area contributed by atoms with Crippen molar-refractivity contribution in [3.63, 3.8) is 0 Å². The second kappa shape index (κ2) is 12.4. The molecule has 3 N–H and O–H groups in total. The van der Waals surface area contributed by atoms with Gasteiger partial charge in [-0.25, -0.2) is 4.79 Å². The van der Waals surface area contributed by atoms with E-state index in [0.29, 0.717) is 24.3 Å². The van der Waals surface area contributed by atoms with Gasteiger partial charge in [0.25, 0.3) is 5.56 Å². The van der Waals surface area contributed by atoms with Crippen molar-refractivity contribution < 1.29 is 29.0 Å². The standard InChI is InChI=1S/C27H33N3O8/c1-16(32)8-11-25(34)38-21-12-24(37-22(21)15-31)30-14-17(26(35)29-27(30)36)9-10-23(33)28-13-20-18-6-4-2-3-5-7-19(18)20/h9-10,14,18-22,24,31H,4-8,11-13,15H2,1H3,(H,28,33)(H,29,35,36)/b10-9+/t18-,19+,20-,21?,22-,24-/m1/s1/i31D. The summed E-state index contributed by atoms with van der Waals surface area (Å²) in [5.41, 5.74) is -1.35. The molecule has 1 saturated carbocycles. The molecule has 1 amide bonds. The number of nitrogens with one attached hydrogen (secondary N) is 2. The first-order valence-electron chi connectivity index (χ1n) is 13.4. The fourth-order valence-corrected chi connectivity index (χ4v) is 5.27. The molecule has 11 nitrogen and oxygen atoms in total. The summed E-state index contributed by atoms with van der Waals surface area (Å²) in [6.07, 6.45) is 5.18. The summed E-state index contributed by atoms with van der Waals surface area (Å²) in [7, 11) is 0. The summed E-state index contributed by atoms with van der Waals surface area (Å²) in [5, 5.41) is 7.32. The highest BCUT2D eigenvalue weighted by atomic mass is 16.6. The molecule has 2 aliphatic carbocycles. The van der Waals surface area contributed by atoms with E-state index in [1.54, 1.807) is 0 Å². The van der Waals surface area contributed by atoms with E-state index in [2.05, 4.69) is 27.3 Å². The van der Waals surface area contributed by atoms with E-state index in [4.69, 9.17) is 10.9 Å². The van der Waals surface area contributed by atoms with Gasteiger partial charge in [0, 0.05) is 44.5 Å². The zero-order valence-electron chi connectivity index (χ0n) is 22.3. The SMILES string of the molecule is [2H]OC[C@H]1O[C@@H](n2cc(/C=C/C(=O)NC[C@@H]3[C@@H]4CCC#CCC[C@@H]43)c(=O)[nH]c2=O)CC1OC(=O)CCC(C)=O. The van der Waals surface area contributed by atoms with Gasteiger partial charge in [-0.2, -0.15) is 0 Å². The van der Waals surface area contributed by atoms with Crippen molar-refractivity contribution in [3.8, 4) is 11.8 Å². The van der Waals surface area contributed by atoms with Gasteiger partial charge >= 0.3 is 11.7 Å². The Morgan fingerprint density at radius 1 is 1.26 bits per heavy atom. The summed E-state index contributed by atoms with van der Waals surface area (Å²) >= 11 is 0. The second-order valence-corrected chi connectivity index (χ2v) is 10.0. The van der Waals surface area contributed by atoms with E-state index in [-0.39, 0.29) is 43.1 Å². The van der Waals surface area contributed by atoms with Gasteiger partial charge in [0.05, 0.1) is 18.6 Å². The van der Waals surface area contributed by atoms with Gasteiger partial charge in [-0.3, -0.25) is 23.9 Å². The molecule has 2 fully saturated rings. The number of aliphatic hydroxyl groups is 1. The third kappa shape index (κ3) is 6.88. The average molecular weight is 529 g/mol. The molecule has 1 aromatic heterocycles. The predicted molar refractivity (Wildman–Crippen MR) is 135 cm³/mol. The maximum atomic E-state index is 12.5. The summed E-state index contributed by atoms with van der Waals surface area (Å²) < 4.78 is 19.4. The van der Waals surface area contributed by atoms with Gasteiger partial charge in [0.1, 0.15) is 24.2 Å². The first-order valence-corrected chi connectivity index (χ1v) is 13.0. The number of aliphatic hydroxyl groups excluding tert-OH is 1. The average Bonchev–Trinajstić information content (AvgIpc) is 3.36. The Labute approximate surface area is 221 Å². The lowest BCUT2D eigenvalue weighted by molar-refractivity contribution is -0.153. The van der Waals surface area contributed by atoms with Crippen LogP contribution in [0.4, 0.5) is 0 Å². The van der Waals surface area contributed by atoms with Gasteiger partial charge in [-0.05, 0) is 43.6 Å². The van der Waals surface area contributed by atoms with Crippen LogP contribution < -0.4 is 16.6 Å². The number of carbonyl (C=O) groups excluding carboxylic acids is 3. The number of aromatic amines is 1. The first-order chi connectivity index (χ1) is 18.8. The van der Waals surface area contributed by atoms with Crippen LogP contribution in [0.2, 0.25) is 0 Å². The molecule has 0 aromatic carbocycles. The Kier molecular flexibility index (Phi) is 8.51. The third-order valence-corrected chi connectivity index (χ3v) is 7.38. The van der Waals surface area contributed by atoms with Gasteiger partial charge in [-0.15, -0.1) is 11.8 Å². The number of aromatic nitrogens is 2. The van der Waals surface area contributed by atoms with E-state index in [1.165, 1.54) is 25.3 Å². The topological polar surface area (TPSA) is 157 Å². The van der Waals surface area contributed by atoms with Crippen LogP contribution in [-0.4, -0.2) is 59.1 Å². The van der Waals surface area contributed by atoms with Crippen molar-refractivity contribution in [1.29, 1.82) is 1.43 Å². The highest BCUT2D eigenvalue weighted by Gasteiger charge is 2.48. The number of ketones is 1. The zero-order valence-corrected chi connectivity index (χ0v) is 21.3. The van der Waals surface area contributed by atoms with Crippen molar-refractivity contribution in [2.45, 2.75) is 70.3 Å². The highest BCUT2D eigenvalue weighted by molar-refractivity contribution is 5.91. The molecule has 0 radical (unpaired) electrons. The molecule has 1 aliphatic heterocycles. The van der Waals surface area contributed by atoms with Crippen molar-refractivity contribution in [3.05, 3.63) is 38.7 Å². The van der Waals surface area contributed by atoms with Crippen LogP contribution >= 0.6 is 0 Å². The number of ether oxygens (including phenoxy) is 2. The lowest BCUT2D eigenvalue weighted by Crippen LogP contribution is -2.33. The molecule has 38 heavy (non-hydrogen) atoms. The molecule has 204 valence electrons. The summed E-state index contributed by atoms with van der Waals surface area (Å²) in [6, 6.07) is 0. The van der Waals surface area contributed by atoms with Gasteiger partial charge < -0.3 is 24.7 Å². The Morgan fingerprint density at radius 2 is 2.00 bits per heavy atom. The number of hydrogen-bond donors (Lipinski definition) is 3. The maximum Gasteiger partial charge on any atom is 0.330 e. The van der Waals surface area contributed by atoms with Gasteiger partial charge in [0.15, 0.2) is 0 Å². The second-order valence-electron chi connectivity index (χ2n) is 10.0. The Bertz CT molecular complexity index is 1270. The lowest BCUT2D eigenvalue weighted by atomic mass is 10.1. The van der Waals surface area contributed by atoms with Gasteiger partial charge in [0.2, 0.25) is 7.34 Å². The number of hydrogen-bond acceptors (Lipinski definition) is 8. The maximum absolute atomic E-state index is 12.5. The summed E-state index contributed by atoms with van der Waals surface area (Å²) in [4.78, 5) is 62.9. The van der Waals surface area contributed by atoms with E-state index in [9.17, 15) is 24.0 Å². The van der Waals surface area contributed by atoms with Crippen molar-refractivity contribution in [2.24, 2.45) is 17.8 Å². The van der Waals surface area contributed by atoms with Crippen LogP contribution in [0.25, 0.3) is 6.08 Å². The van der Waals surface area contributed by atoms with Crippen LogP contribution in [0, 0.1) is 29.6 Å². The molecule has 0 bridgehead atoms. The molecule has 11 heteroatoms. The quantitative estimate of drug-likeness (QED) is 0.215. The number of rotatable bonds is 11. The Hall–Kier alpha value is -3.49. The molecule has 1 saturated heterocycles. The minimum Gasteiger partial charge on any atom is -0.459 e. The van der Waals surface area contributed by atoms with E-state index >= 15 is 0 Å². The van der Waals surface area contributed by atoms with E-state index in [0.717, 1.165) is 30.3 Å². The monoisotopic (exact) mass is 528 g/mol. The van der Waals surface area contributed by atoms with Gasteiger partial charge in [-0.1, -0.05) is 0 Å². The predicted octanol–water partition coefficient (Wildman–Crippen LogP) is 0.666. The van der Waals surface area contributed by atoms with E-state index < -0.39 is 35.7 Å². The largest absolute Gasteiger partial charge is 0.459 e. The number of carbonyl (C=O) groups is 3. The van der Waals surface area contributed by atoms with Crippen LogP contribution in [0.5, 0.6) is 0 Å². The van der Waals surface area contributed by atoms with Crippen LogP contribution in [0.3, 0.4) is 0 Å². The third-order valence-electron chi connectivity index (χ3n) is 7.38. The molecule has 3 aliphatic rings. The number of H-pyrrole nitrogens is 1. The molecule has 0 spiro atoms. The van der Waals surface area contributed by atoms with Crippen molar-refractivity contribution >= 4 is 23.7 Å². The van der Waals surface area contributed by atoms with Crippen molar-refractivity contribution in [1.82, 2.24) is 14.9 Å². The van der Waals surface area contributed by atoms with Crippen LogP contribution in [0.15, 0.2) is 21.9 Å². The lowest BCUT2D eigenvalue weighted by Gasteiger charge is -2.16. The molecule has 1 aromatic rings. The zero-order chi connectivity index (χ0) is 27.9. The minimum absolute atomic E-state index is 0.0366. The molecule has 6 atom stereocenters. The fourth-order valence-electron chi connectivity index (χ4n) is 5.27. The molecular weight excluding hydrogens is 494 g/mol. The number of esters is 1. The number of amides is 1. The summed E-state index contributed by atoms with van der Waals surface area (Å²) in [5.74, 6) is 6.88. The molecule has 4 rings (SSSR count). The summed E-state index contributed by atoms with van der Waals surface area (Å²) in [6.45, 7) is 1.71. The fraction of sp³-hybridized carbons (Fsp3) is 0.593.